The summed E-state index contributed by atoms with van der Waals surface area (Å²) < 4.78 is 1.76. The van der Waals surface area contributed by atoms with Gasteiger partial charge in [0.1, 0.15) is 6.33 Å². The maximum atomic E-state index is 12.8. The lowest BCUT2D eigenvalue weighted by Crippen LogP contribution is -2.48. The van der Waals surface area contributed by atoms with E-state index in [1.165, 1.54) is 17.3 Å². The van der Waals surface area contributed by atoms with Crippen molar-refractivity contribution in [3.05, 3.63) is 58.5 Å². The number of aromatic nitrogens is 3. The molecule has 1 saturated heterocycles. The minimum Gasteiger partial charge on any atom is -0.336 e. The summed E-state index contributed by atoms with van der Waals surface area (Å²) in [5.74, 6) is 0.141. The van der Waals surface area contributed by atoms with Crippen molar-refractivity contribution < 1.29 is 9.59 Å². The Balaban J connectivity index is 1.24. The number of nitrogens with zero attached hydrogens (tertiary/aromatic N) is 5. The van der Waals surface area contributed by atoms with E-state index in [-0.39, 0.29) is 17.6 Å². The van der Waals surface area contributed by atoms with Crippen molar-refractivity contribution in [2.45, 2.75) is 11.7 Å². The van der Waals surface area contributed by atoms with Crippen LogP contribution in [0, 0.1) is 0 Å². The molecule has 0 radical (unpaired) electrons. The number of piperazine rings is 1. The molecule has 2 amide bonds. The van der Waals surface area contributed by atoms with Gasteiger partial charge in [0.15, 0.2) is 5.16 Å². The number of hydrogen-bond donors (Lipinski definition) is 1. The maximum absolute atomic E-state index is 12.8. The number of carbonyl (C=O) groups excluding carboxylic acids is 2. The number of hydrogen-bond acceptors (Lipinski definition) is 7. The first-order chi connectivity index (χ1) is 15.1. The number of aryl methyl sites for hydroxylation is 1. The molecule has 1 aliphatic rings. The van der Waals surface area contributed by atoms with Crippen LogP contribution in [-0.2, 0) is 18.4 Å². The molecule has 1 aromatic carbocycles. The van der Waals surface area contributed by atoms with Crippen LogP contribution in [-0.4, -0.2) is 68.3 Å². The summed E-state index contributed by atoms with van der Waals surface area (Å²) in [4.78, 5) is 29.3. The van der Waals surface area contributed by atoms with Gasteiger partial charge in [-0.2, -0.15) is 11.3 Å². The number of anilines is 1. The molecule has 1 aliphatic heterocycles. The van der Waals surface area contributed by atoms with Gasteiger partial charge in [0.25, 0.3) is 5.91 Å². The van der Waals surface area contributed by atoms with Gasteiger partial charge in [-0.15, -0.1) is 10.2 Å². The topological polar surface area (TPSA) is 83.4 Å². The zero-order valence-corrected chi connectivity index (χ0v) is 18.9. The van der Waals surface area contributed by atoms with E-state index in [4.69, 9.17) is 0 Å². The van der Waals surface area contributed by atoms with Crippen LogP contribution in [0.15, 0.2) is 52.6 Å². The Labute approximate surface area is 189 Å². The largest absolute Gasteiger partial charge is 0.336 e. The van der Waals surface area contributed by atoms with Crippen LogP contribution < -0.4 is 5.32 Å². The van der Waals surface area contributed by atoms with Gasteiger partial charge >= 0.3 is 0 Å². The highest BCUT2D eigenvalue weighted by atomic mass is 32.2. The third-order valence-corrected chi connectivity index (χ3v) is 6.83. The summed E-state index contributed by atoms with van der Waals surface area (Å²) in [6.45, 7) is 4.13. The molecule has 3 heterocycles. The molecule has 0 saturated carbocycles. The van der Waals surface area contributed by atoms with E-state index in [0.717, 1.165) is 32.7 Å². The minimum absolute atomic E-state index is 0.0332. The molecule has 0 atom stereocenters. The predicted molar refractivity (Wildman–Crippen MR) is 122 cm³/mol. The number of carbonyl (C=O) groups is 2. The van der Waals surface area contributed by atoms with Crippen molar-refractivity contribution in [3.63, 3.8) is 0 Å². The highest BCUT2D eigenvalue weighted by molar-refractivity contribution is 7.99. The predicted octanol–water partition coefficient (Wildman–Crippen LogP) is 2.57. The fraction of sp³-hybridized carbons (Fsp3) is 0.333. The number of rotatable bonds is 7. The smallest absolute Gasteiger partial charge is 0.253 e. The number of thiophene rings is 1. The fourth-order valence-electron chi connectivity index (χ4n) is 3.36. The van der Waals surface area contributed by atoms with Gasteiger partial charge < -0.3 is 14.8 Å². The summed E-state index contributed by atoms with van der Waals surface area (Å²) in [7, 11) is 1.83. The second-order valence-corrected chi connectivity index (χ2v) is 9.06. The average Bonchev–Trinajstić information content (AvgIpc) is 3.44. The molecular weight excluding hydrogens is 432 g/mol. The van der Waals surface area contributed by atoms with Crippen LogP contribution in [0.3, 0.4) is 0 Å². The van der Waals surface area contributed by atoms with Gasteiger partial charge in [-0.25, -0.2) is 0 Å². The third-order valence-electron chi connectivity index (χ3n) is 5.06. The van der Waals surface area contributed by atoms with E-state index in [2.05, 4.69) is 37.2 Å². The van der Waals surface area contributed by atoms with Crippen molar-refractivity contribution in [3.8, 4) is 0 Å². The lowest BCUT2D eigenvalue weighted by atomic mass is 10.1. The molecule has 2 aromatic heterocycles. The monoisotopic (exact) mass is 456 g/mol. The molecule has 0 spiro atoms. The lowest BCUT2D eigenvalue weighted by Gasteiger charge is -2.34. The Morgan fingerprint density at radius 1 is 1.13 bits per heavy atom. The molecule has 8 nitrogen and oxygen atoms in total. The summed E-state index contributed by atoms with van der Waals surface area (Å²) in [6, 6.07) is 9.23. The molecule has 31 heavy (non-hydrogen) atoms. The zero-order chi connectivity index (χ0) is 21.6. The second-order valence-electron chi connectivity index (χ2n) is 7.34. The Hall–Kier alpha value is -2.69. The van der Waals surface area contributed by atoms with Gasteiger partial charge in [0, 0.05) is 51.0 Å². The van der Waals surface area contributed by atoms with Crippen LogP contribution in [0.2, 0.25) is 0 Å². The van der Waals surface area contributed by atoms with E-state index in [9.17, 15) is 9.59 Å². The molecule has 0 unspecified atom stereocenters. The van der Waals surface area contributed by atoms with Gasteiger partial charge in [-0.05, 0) is 46.7 Å². The number of thioether (sulfide) groups is 1. The first-order valence-electron chi connectivity index (χ1n) is 9.98. The van der Waals surface area contributed by atoms with Crippen molar-refractivity contribution in [1.29, 1.82) is 0 Å². The van der Waals surface area contributed by atoms with Crippen LogP contribution >= 0.6 is 23.1 Å². The Bertz CT molecular complexity index is 1010. The molecule has 0 bridgehead atoms. The molecule has 4 rings (SSSR count). The van der Waals surface area contributed by atoms with Gasteiger partial charge in [0.2, 0.25) is 5.91 Å². The first kappa shape index (κ1) is 21.5. The van der Waals surface area contributed by atoms with E-state index >= 15 is 0 Å². The van der Waals surface area contributed by atoms with Gasteiger partial charge in [-0.1, -0.05) is 11.8 Å². The third kappa shape index (κ3) is 5.72. The fourth-order valence-corrected chi connectivity index (χ4v) is 4.71. The average molecular weight is 457 g/mol. The highest BCUT2D eigenvalue weighted by Gasteiger charge is 2.22. The van der Waals surface area contributed by atoms with Gasteiger partial charge in [-0.3, -0.25) is 14.5 Å². The van der Waals surface area contributed by atoms with Crippen molar-refractivity contribution >= 4 is 40.6 Å². The van der Waals surface area contributed by atoms with Crippen LogP contribution in [0.4, 0.5) is 5.69 Å². The van der Waals surface area contributed by atoms with Crippen LogP contribution in [0.5, 0.6) is 0 Å². The van der Waals surface area contributed by atoms with Crippen molar-refractivity contribution in [2.75, 3.05) is 37.2 Å². The Morgan fingerprint density at radius 3 is 2.55 bits per heavy atom. The molecule has 3 aromatic rings. The normalized spacial score (nSPS) is 14.5. The maximum Gasteiger partial charge on any atom is 0.253 e. The lowest BCUT2D eigenvalue weighted by molar-refractivity contribution is -0.113. The number of amides is 2. The molecule has 1 fully saturated rings. The quantitative estimate of drug-likeness (QED) is 0.550. The van der Waals surface area contributed by atoms with Crippen LogP contribution in [0.1, 0.15) is 15.9 Å². The summed E-state index contributed by atoms with van der Waals surface area (Å²) in [6.07, 6.45) is 1.60. The van der Waals surface area contributed by atoms with E-state index in [1.54, 1.807) is 46.5 Å². The number of nitrogens with one attached hydrogen (secondary N) is 1. The summed E-state index contributed by atoms with van der Waals surface area (Å²) >= 11 is 3.04. The van der Waals surface area contributed by atoms with Crippen molar-refractivity contribution in [1.82, 2.24) is 24.6 Å². The van der Waals surface area contributed by atoms with Crippen LogP contribution in [0.25, 0.3) is 0 Å². The summed E-state index contributed by atoms with van der Waals surface area (Å²) in [5.41, 5.74) is 2.64. The Morgan fingerprint density at radius 2 is 1.90 bits per heavy atom. The second kappa shape index (κ2) is 10.1. The standard InChI is InChI=1S/C21H24N6O2S2/c1-25-15-22-24-21(25)31-14-19(28)23-18-4-2-17(3-5-18)20(29)27-9-7-26(8-10-27)12-16-6-11-30-13-16/h2-6,11,13,15H,7-10,12,14H2,1H3,(H,23,28). The van der Waals surface area contributed by atoms with E-state index in [0.29, 0.717) is 16.4 Å². The first-order valence-corrected chi connectivity index (χ1v) is 11.9. The minimum atomic E-state index is -0.131. The molecule has 1 N–H and O–H groups in total. The SMILES string of the molecule is Cn1cnnc1SCC(=O)Nc1ccc(C(=O)N2CCN(Cc3ccsc3)CC2)cc1. The van der Waals surface area contributed by atoms with E-state index in [1.807, 2.05) is 11.9 Å². The number of benzene rings is 1. The highest BCUT2D eigenvalue weighted by Crippen LogP contribution is 2.17. The van der Waals surface area contributed by atoms with E-state index < -0.39 is 0 Å². The molecular formula is C21H24N6O2S2. The molecule has 162 valence electrons. The molecule has 10 heteroatoms. The molecule has 0 aliphatic carbocycles. The Kier molecular flexibility index (Phi) is 7.00. The zero-order valence-electron chi connectivity index (χ0n) is 17.2. The van der Waals surface area contributed by atoms with Gasteiger partial charge in [0.05, 0.1) is 5.75 Å². The van der Waals surface area contributed by atoms with Crippen molar-refractivity contribution in [2.24, 2.45) is 7.05 Å². The summed E-state index contributed by atoms with van der Waals surface area (Å²) in [5, 5.41) is 15.5.